The third-order valence-electron chi connectivity index (χ3n) is 3.16. The lowest BCUT2D eigenvalue weighted by Crippen LogP contribution is -2.28. The zero-order valence-electron chi connectivity index (χ0n) is 8.75. The number of alkyl halides is 1. The Labute approximate surface area is 95.3 Å². The van der Waals surface area contributed by atoms with Crippen LogP contribution in [-0.2, 0) is 0 Å². The molecule has 82 valence electrons. The van der Waals surface area contributed by atoms with Gasteiger partial charge in [-0.2, -0.15) is 0 Å². The third kappa shape index (κ3) is 2.59. The van der Waals surface area contributed by atoms with Crippen molar-refractivity contribution in [3.8, 4) is 0 Å². The molecule has 0 aromatic carbocycles. The molecule has 0 unspecified atom stereocenters. The van der Waals surface area contributed by atoms with Crippen molar-refractivity contribution in [3.63, 3.8) is 0 Å². The second-order valence-corrected chi connectivity index (χ2v) is 4.55. The van der Waals surface area contributed by atoms with Crippen molar-refractivity contribution in [2.45, 2.75) is 25.7 Å². The van der Waals surface area contributed by atoms with Gasteiger partial charge in [0.15, 0.2) is 0 Å². The summed E-state index contributed by atoms with van der Waals surface area (Å²) in [5.41, 5.74) is 0.277. The Morgan fingerprint density at radius 1 is 1.33 bits per heavy atom. The molecule has 1 aliphatic carbocycles. The maximum atomic E-state index is 6.05. The monoisotopic (exact) mass is 225 g/mol. The Morgan fingerprint density at radius 3 is 2.73 bits per heavy atom. The van der Waals surface area contributed by atoms with E-state index in [1.807, 2.05) is 0 Å². The van der Waals surface area contributed by atoms with Gasteiger partial charge in [0.2, 0.25) is 0 Å². The van der Waals surface area contributed by atoms with Crippen LogP contribution >= 0.6 is 11.6 Å². The normalized spacial score (nSPS) is 19.0. The number of hydrogen-bond donors (Lipinski definition) is 1. The molecule has 1 saturated carbocycles. The molecule has 1 heterocycles. The Balaban J connectivity index is 1.92. The SMILES string of the molecule is ClCC1(CNc2cnccn2)CCCC1. The molecule has 1 aliphatic rings. The van der Waals surface area contributed by atoms with Crippen molar-refractivity contribution >= 4 is 17.4 Å². The smallest absolute Gasteiger partial charge is 0.144 e. The van der Waals surface area contributed by atoms with Crippen molar-refractivity contribution in [1.29, 1.82) is 0 Å². The summed E-state index contributed by atoms with van der Waals surface area (Å²) in [6, 6.07) is 0. The number of aromatic nitrogens is 2. The first-order chi connectivity index (χ1) is 7.35. The number of nitrogens with zero attached hydrogens (tertiary/aromatic N) is 2. The molecule has 0 radical (unpaired) electrons. The van der Waals surface area contributed by atoms with Gasteiger partial charge in [-0.3, -0.25) is 4.98 Å². The third-order valence-corrected chi connectivity index (χ3v) is 3.72. The fraction of sp³-hybridized carbons (Fsp3) is 0.636. The van der Waals surface area contributed by atoms with E-state index < -0.39 is 0 Å². The van der Waals surface area contributed by atoms with Crippen molar-refractivity contribution in [3.05, 3.63) is 18.6 Å². The van der Waals surface area contributed by atoms with Crippen molar-refractivity contribution < 1.29 is 0 Å². The van der Waals surface area contributed by atoms with Gasteiger partial charge in [0, 0.05) is 30.2 Å². The molecule has 15 heavy (non-hydrogen) atoms. The van der Waals surface area contributed by atoms with Crippen LogP contribution in [0.1, 0.15) is 25.7 Å². The van der Waals surface area contributed by atoms with Crippen molar-refractivity contribution in [2.75, 3.05) is 17.7 Å². The van der Waals surface area contributed by atoms with E-state index in [-0.39, 0.29) is 5.41 Å². The van der Waals surface area contributed by atoms with Gasteiger partial charge in [0.05, 0.1) is 6.20 Å². The van der Waals surface area contributed by atoms with Crippen LogP contribution < -0.4 is 5.32 Å². The molecule has 2 rings (SSSR count). The standard InChI is InChI=1S/C11H16ClN3/c12-8-11(3-1-2-4-11)9-15-10-7-13-5-6-14-10/h5-7H,1-4,8-9H2,(H,14,15). The maximum absolute atomic E-state index is 6.05. The molecule has 1 N–H and O–H groups in total. The van der Waals surface area contributed by atoms with E-state index in [1.54, 1.807) is 18.6 Å². The van der Waals surface area contributed by atoms with Crippen molar-refractivity contribution in [1.82, 2.24) is 9.97 Å². The van der Waals surface area contributed by atoms with Gasteiger partial charge >= 0.3 is 0 Å². The van der Waals surface area contributed by atoms with E-state index in [0.717, 1.165) is 18.2 Å². The summed E-state index contributed by atoms with van der Waals surface area (Å²) in [6.07, 6.45) is 10.2. The van der Waals surface area contributed by atoms with Crippen LogP contribution in [0.2, 0.25) is 0 Å². The zero-order chi connectivity index (χ0) is 10.6. The van der Waals surface area contributed by atoms with Gasteiger partial charge in [0.1, 0.15) is 5.82 Å². The largest absolute Gasteiger partial charge is 0.368 e. The molecule has 0 atom stereocenters. The van der Waals surface area contributed by atoms with Gasteiger partial charge < -0.3 is 5.32 Å². The molecule has 3 nitrogen and oxygen atoms in total. The number of anilines is 1. The van der Waals surface area contributed by atoms with E-state index in [0.29, 0.717) is 0 Å². The number of nitrogens with one attached hydrogen (secondary N) is 1. The zero-order valence-corrected chi connectivity index (χ0v) is 9.50. The molecule has 0 spiro atoms. The lowest BCUT2D eigenvalue weighted by atomic mass is 9.88. The molecule has 0 amide bonds. The van der Waals surface area contributed by atoms with Crippen LogP contribution in [0.3, 0.4) is 0 Å². The van der Waals surface area contributed by atoms with E-state index >= 15 is 0 Å². The van der Waals surface area contributed by atoms with Crippen LogP contribution in [0.15, 0.2) is 18.6 Å². The van der Waals surface area contributed by atoms with E-state index in [9.17, 15) is 0 Å². The molecule has 1 aromatic heterocycles. The Kier molecular flexibility index (Phi) is 3.41. The predicted octanol–water partition coefficient (Wildman–Crippen LogP) is 2.69. The summed E-state index contributed by atoms with van der Waals surface area (Å²) in [5.74, 6) is 1.58. The Bertz CT molecular complexity index is 296. The first kappa shape index (κ1) is 10.7. The van der Waals surface area contributed by atoms with Crippen LogP contribution in [0.4, 0.5) is 5.82 Å². The highest BCUT2D eigenvalue weighted by Gasteiger charge is 2.32. The van der Waals surface area contributed by atoms with Crippen LogP contribution in [0, 0.1) is 5.41 Å². The number of rotatable bonds is 4. The average Bonchev–Trinajstić information content (AvgIpc) is 2.77. The van der Waals surface area contributed by atoms with E-state index in [4.69, 9.17) is 11.6 Å². The minimum Gasteiger partial charge on any atom is -0.368 e. The van der Waals surface area contributed by atoms with Crippen molar-refractivity contribution in [2.24, 2.45) is 5.41 Å². The van der Waals surface area contributed by atoms with Gasteiger partial charge in [0.25, 0.3) is 0 Å². The molecule has 1 aromatic rings. The van der Waals surface area contributed by atoms with Gasteiger partial charge in [-0.15, -0.1) is 11.6 Å². The van der Waals surface area contributed by atoms with Crippen LogP contribution in [0.5, 0.6) is 0 Å². The summed E-state index contributed by atoms with van der Waals surface area (Å²) < 4.78 is 0. The lowest BCUT2D eigenvalue weighted by molar-refractivity contribution is 0.368. The fourth-order valence-electron chi connectivity index (χ4n) is 2.15. The van der Waals surface area contributed by atoms with Gasteiger partial charge in [-0.05, 0) is 12.8 Å². The fourth-order valence-corrected chi connectivity index (χ4v) is 2.51. The second-order valence-electron chi connectivity index (χ2n) is 4.28. The molecule has 0 aliphatic heterocycles. The maximum Gasteiger partial charge on any atom is 0.144 e. The molecule has 1 fully saturated rings. The van der Waals surface area contributed by atoms with Gasteiger partial charge in [-0.1, -0.05) is 12.8 Å². The van der Waals surface area contributed by atoms with Crippen LogP contribution in [-0.4, -0.2) is 22.4 Å². The number of hydrogen-bond acceptors (Lipinski definition) is 3. The molecule has 0 bridgehead atoms. The topological polar surface area (TPSA) is 37.8 Å². The highest BCUT2D eigenvalue weighted by Crippen LogP contribution is 2.38. The number of halogens is 1. The average molecular weight is 226 g/mol. The van der Waals surface area contributed by atoms with Crippen LogP contribution in [0.25, 0.3) is 0 Å². The van der Waals surface area contributed by atoms with E-state index in [1.165, 1.54) is 25.7 Å². The molecule has 4 heteroatoms. The Hall–Kier alpha value is -0.830. The van der Waals surface area contributed by atoms with Gasteiger partial charge in [-0.25, -0.2) is 4.98 Å². The molecule has 0 saturated heterocycles. The molecular weight excluding hydrogens is 210 g/mol. The summed E-state index contributed by atoms with van der Waals surface area (Å²) >= 11 is 6.05. The minimum absolute atomic E-state index is 0.277. The highest BCUT2D eigenvalue weighted by molar-refractivity contribution is 6.18. The summed E-state index contributed by atoms with van der Waals surface area (Å²) in [6.45, 7) is 0.912. The summed E-state index contributed by atoms with van der Waals surface area (Å²) in [4.78, 5) is 8.21. The molecular formula is C11H16ClN3. The van der Waals surface area contributed by atoms with E-state index in [2.05, 4.69) is 15.3 Å². The predicted molar refractivity (Wildman–Crippen MR) is 62.1 cm³/mol. The Morgan fingerprint density at radius 2 is 2.13 bits per heavy atom. The first-order valence-corrected chi connectivity index (χ1v) is 5.94. The summed E-state index contributed by atoms with van der Waals surface area (Å²) in [7, 11) is 0. The lowest BCUT2D eigenvalue weighted by Gasteiger charge is -2.26. The second kappa shape index (κ2) is 4.79. The highest BCUT2D eigenvalue weighted by atomic mass is 35.5. The quantitative estimate of drug-likeness (QED) is 0.801. The first-order valence-electron chi connectivity index (χ1n) is 5.41. The summed E-state index contributed by atoms with van der Waals surface area (Å²) in [5, 5.41) is 3.32. The minimum atomic E-state index is 0.277.